The molecule has 0 radical (unpaired) electrons. The summed E-state index contributed by atoms with van der Waals surface area (Å²) in [7, 11) is 0. The van der Waals surface area contributed by atoms with Gasteiger partial charge in [-0.25, -0.2) is 15.0 Å². The topological polar surface area (TPSA) is 110 Å². The number of nitrogens with one attached hydrogen (secondary N) is 2. The fourth-order valence-electron chi connectivity index (χ4n) is 3.39. The van der Waals surface area contributed by atoms with E-state index in [1.54, 1.807) is 34.1 Å². The summed E-state index contributed by atoms with van der Waals surface area (Å²) < 4.78 is 1.80. The molecule has 9 heteroatoms. The number of fused-ring (bicyclic) bond motifs is 2. The lowest BCUT2D eigenvalue weighted by molar-refractivity contribution is 0.100. The predicted molar refractivity (Wildman–Crippen MR) is 107 cm³/mol. The summed E-state index contributed by atoms with van der Waals surface area (Å²) in [4.78, 5) is 26.9. The van der Waals surface area contributed by atoms with Gasteiger partial charge < -0.3 is 16.4 Å². The summed E-state index contributed by atoms with van der Waals surface area (Å²) in [6, 6.07) is 7.57. The number of nitrogens with two attached hydrogens (primary N) is 1. The van der Waals surface area contributed by atoms with Crippen molar-refractivity contribution in [3.05, 3.63) is 63.7 Å². The highest BCUT2D eigenvalue weighted by atomic mass is 32.1. The molecule has 0 aromatic carbocycles. The number of hydrogen-bond donors (Lipinski definition) is 3. The first-order chi connectivity index (χ1) is 13.7. The highest BCUT2D eigenvalue weighted by Gasteiger charge is 2.22. The monoisotopic (exact) mass is 391 g/mol. The fraction of sp³-hybridized carbons (Fsp3) is 0.158. The zero-order valence-corrected chi connectivity index (χ0v) is 15.7. The van der Waals surface area contributed by atoms with Gasteiger partial charge in [-0.2, -0.15) is 0 Å². The molecule has 4 N–H and O–H groups in total. The lowest BCUT2D eigenvalue weighted by atomic mass is 10.2. The summed E-state index contributed by atoms with van der Waals surface area (Å²) in [5.74, 6) is 1.40. The Kier molecular flexibility index (Phi) is 4.03. The zero-order valence-electron chi connectivity index (χ0n) is 14.8. The Morgan fingerprint density at radius 1 is 1.29 bits per heavy atom. The number of carbonyl (C=O) groups is 1. The van der Waals surface area contributed by atoms with Crippen LogP contribution in [0.1, 0.15) is 26.5 Å². The molecule has 4 aromatic heterocycles. The second-order valence-electron chi connectivity index (χ2n) is 6.48. The zero-order chi connectivity index (χ0) is 19.1. The van der Waals surface area contributed by atoms with E-state index in [9.17, 15) is 4.79 Å². The van der Waals surface area contributed by atoms with E-state index < -0.39 is 5.91 Å². The third kappa shape index (κ3) is 2.81. The maximum atomic E-state index is 11.7. The molecule has 0 unspecified atom stereocenters. The van der Waals surface area contributed by atoms with Crippen molar-refractivity contribution in [3.63, 3.8) is 0 Å². The van der Waals surface area contributed by atoms with E-state index in [1.165, 1.54) is 4.88 Å². The molecule has 1 aliphatic rings. The third-order valence-electron chi connectivity index (χ3n) is 4.73. The van der Waals surface area contributed by atoms with Gasteiger partial charge in [0.2, 0.25) is 0 Å². The van der Waals surface area contributed by atoms with Gasteiger partial charge in [-0.1, -0.05) is 6.07 Å². The van der Waals surface area contributed by atoms with Crippen LogP contribution < -0.4 is 16.4 Å². The van der Waals surface area contributed by atoms with Crippen LogP contribution in [-0.2, 0) is 19.6 Å². The van der Waals surface area contributed by atoms with Crippen molar-refractivity contribution in [1.82, 2.24) is 24.7 Å². The molecular weight excluding hydrogens is 374 g/mol. The Hall–Kier alpha value is -3.30. The average molecular weight is 391 g/mol. The molecule has 5 heterocycles. The Bertz CT molecular complexity index is 1180. The molecule has 140 valence electrons. The molecule has 0 atom stereocenters. The highest BCUT2D eigenvalue weighted by Crippen LogP contribution is 2.27. The van der Waals surface area contributed by atoms with Gasteiger partial charge in [0.15, 0.2) is 11.6 Å². The maximum absolute atomic E-state index is 11.7. The number of primary amides is 1. The van der Waals surface area contributed by atoms with Gasteiger partial charge in [0.05, 0.1) is 29.5 Å². The van der Waals surface area contributed by atoms with E-state index in [0.29, 0.717) is 35.8 Å². The number of amides is 1. The number of imidazole rings is 1. The lowest BCUT2D eigenvalue weighted by Gasteiger charge is -2.11. The summed E-state index contributed by atoms with van der Waals surface area (Å²) in [5.41, 5.74) is 8.58. The van der Waals surface area contributed by atoms with E-state index in [4.69, 9.17) is 15.7 Å². The summed E-state index contributed by atoms with van der Waals surface area (Å²) in [6.45, 7) is 2.12. The fourth-order valence-corrected chi connectivity index (χ4v) is 4.04. The molecule has 1 aliphatic heterocycles. The molecule has 28 heavy (non-hydrogen) atoms. The van der Waals surface area contributed by atoms with Crippen LogP contribution in [0.15, 0.2) is 42.0 Å². The van der Waals surface area contributed by atoms with E-state index in [-0.39, 0.29) is 0 Å². The minimum absolute atomic E-state index is 0.417. The standard InChI is InChI=1S/C19H17N7OS/c20-16(27)12-4-1-5-26-15(12)10-23-19(26)18-24-14-9-21-8-13(14)17(25-18)22-7-11-3-2-6-28-11/h1-6,10,21H,7-9H2,(H2,20,27)(H,22,24,25). The Labute approximate surface area is 164 Å². The smallest absolute Gasteiger partial charge is 0.250 e. The number of carbonyl (C=O) groups excluding carboxylic acids is 1. The van der Waals surface area contributed by atoms with Crippen molar-refractivity contribution >= 4 is 28.6 Å². The number of thiophene rings is 1. The quantitative estimate of drug-likeness (QED) is 0.481. The van der Waals surface area contributed by atoms with Crippen LogP contribution in [0.5, 0.6) is 0 Å². The molecule has 1 amide bonds. The molecule has 0 fully saturated rings. The van der Waals surface area contributed by atoms with Crippen molar-refractivity contribution < 1.29 is 4.79 Å². The molecule has 0 bridgehead atoms. The Morgan fingerprint density at radius 2 is 2.21 bits per heavy atom. The SMILES string of the molecule is NC(=O)c1cccn2c(-c3nc4c(c(NCc5cccs5)n3)CNC4)ncc12. The van der Waals surface area contributed by atoms with Crippen LogP contribution in [0.2, 0.25) is 0 Å². The van der Waals surface area contributed by atoms with Crippen molar-refractivity contribution in [2.75, 3.05) is 5.32 Å². The number of nitrogens with zero attached hydrogens (tertiary/aromatic N) is 4. The highest BCUT2D eigenvalue weighted by molar-refractivity contribution is 7.09. The van der Waals surface area contributed by atoms with Gasteiger partial charge in [0, 0.05) is 29.7 Å². The van der Waals surface area contributed by atoms with Gasteiger partial charge in [-0.15, -0.1) is 11.3 Å². The van der Waals surface area contributed by atoms with Gasteiger partial charge in [0.1, 0.15) is 5.82 Å². The first-order valence-corrected chi connectivity index (χ1v) is 9.71. The second-order valence-corrected chi connectivity index (χ2v) is 7.51. The maximum Gasteiger partial charge on any atom is 0.250 e. The Morgan fingerprint density at radius 3 is 3.04 bits per heavy atom. The van der Waals surface area contributed by atoms with Gasteiger partial charge >= 0.3 is 0 Å². The largest absolute Gasteiger partial charge is 0.366 e. The first-order valence-electron chi connectivity index (χ1n) is 8.83. The average Bonchev–Trinajstić information content (AvgIpc) is 3.45. The third-order valence-corrected chi connectivity index (χ3v) is 5.61. The number of hydrogen-bond acceptors (Lipinski definition) is 7. The number of pyridine rings is 1. The predicted octanol–water partition coefficient (Wildman–Crippen LogP) is 2.17. The van der Waals surface area contributed by atoms with Gasteiger partial charge in [-0.05, 0) is 23.6 Å². The lowest BCUT2D eigenvalue weighted by Crippen LogP contribution is -2.12. The van der Waals surface area contributed by atoms with Crippen molar-refractivity contribution in [3.8, 4) is 11.6 Å². The van der Waals surface area contributed by atoms with Crippen molar-refractivity contribution in [2.45, 2.75) is 19.6 Å². The number of rotatable bonds is 5. The van der Waals surface area contributed by atoms with Crippen LogP contribution in [0, 0.1) is 0 Å². The minimum atomic E-state index is -0.491. The molecule has 4 aromatic rings. The summed E-state index contributed by atoms with van der Waals surface area (Å²) >= 11 is 1.70. The van der Waals surface area contributed by atoms with Crippen LogP contribution in [0.25, 0.3) is 17.2 Å². The second kappa shape index (κ2) is 6.70. The van der Waals surface area contributed by atoms with E-state index in [2.05, 4.69) is 27.1 Å². The Balaban J connectivity index is 1.59. The van der Waals surface area contributed by atoms with Crippen LogP contribution >= 0.6 is 11.3 Å². The van der Waals surface area contributed by atoms with Crippen molar-refractivity contribution in [2.24, 2.45) is 5.73 Å². The molecule has 0 saturated carbocycles. The van der Waals surface area contributed by atoms with Crippen LogP contribution in [0.3, 0.4) is 0 Å². The van der Waals surface area contributed by atoms with Crippen molar-refractivity contribution in [1.29, 1.82) is 0 Å². The normalized spacial score (nSPS) is 13.0. The number of aromatic nitrogens is 4. The summed E-state index contributed by atoms with van der Waals surface area (Å²) in [6.07, 6.45) is 3.46. The molecule has 0 aliphatic carbocycles. The van der Waals surface area contributed by atoms with Crippen LogP contribution in [0.4, 0.5) is 5.82 Å². The number of anilines is 1. The first kappa shape index (κ1) is 16.8. The molecular formula is C19H17N7OS. The minimum Gasteiger partial charge on any atom is -0.366 e. The van der Waals surface area contributed by atoms with Crippen LogP contribution in [-0.4, -0.2) is 25.3 Å². The van der Waals surface area contributed by atoms with E-state index in [1.807, 2.05) is 12.3 Å². The summed E-state index contributed by atoms with van der Waals surface area (Å²) in [5, 5.41) is 8.82. The molecule has 5 rings (SSSR count). The molecule has 0 saturated heterocycles. The molecule has 8 nitrogen and oxygen atoms in total. The van der Waals surface area contributed by atoms with E-state index in [0.717, 1.165) is 23.6 Å². The molecule has 0 spiro atoms. The van der Waals surface area contributed by atoms with Gasteiger partial charge in [0.25, 0.3) is 5.91 Å². The van der Waals surface area contributed by atoms with E-state index >= 15 is 0 Å². The van der Waals surface area contributed by atoms with Gasteiger partial charge in [-0.3, -0.25) is 9.20 Å².